The monoisotopic (exact) mass is 341 g/mol. The first kappa shape index (κ1) is 15.5. The lowest BCUT2D eigenvalue weighted by Gasteiger charge is -2.11. The third-order valence-corrected chi connectivity index (χ3v) is 5.19. The van der Waals surface area contributed by atoms with Gasteiger partial charge in [0.15, 0.2) is 0 Å². The van der Waals surface area contributed by atoms with Gasteiger partial charge in [-0.3, -0.25) is 4.98 Å². The second kappa shape index (κ2) is 6.86. The van der Waals surface area contributed by atoms with Crippen LogP contribution in [0.15, 0.2) is 35.5 Å². The highest BCUT2D eigenvalue weighted by atomic mass is 32.2. The molecule has 2 aromatic heterocycles. The molecule has 4 rings (SSSR count). The van der Waals surface area contributed by atoms with Crippen LogP contribution in [0.2, 0.25) is 0 Å². The summed E-state index contributed by atoms with van der Waals surface area (Å²) in [5.41, 5.74) is 3.32. The van der Waals surface area contributed by atoms with E-state index in [-0.39, 0.29) is 6.10 Å². The molecular weight excluding hydrogens is 322 g/mol. The first-order chi connectivity index (χ1) is 11.8. The fourth-order valence-electron chi connectivity index (χ4n) is 3.05. The van der Waals surface area contributed by atoms with E-state index in [1.54, 1.807) is 11.8 Å². The average Bonchev–Trinajstić information content (AvgIpc) is 3.25. The van der Waals surface area contributed by atoms with Crippen molar-refractivity contribution in [1.82, 2.24) is 25.2 Å². The predicted octanol–water partition coefficient (Wildman–Crippen LogP) is 3.00. The molecule has 1 atom stereocenters. The minimum atomic E-state index is 0.233. The van der Waals surface area contributed by atoms with E-state index < -0.39 is 0 Å². The molecule has 1 aromatic carbocycles. The van der Waals surface area contributed by atoms with Crippen LogP contribution in [0.5, 0.6) is 0 Å². The maximum Gasteiger partial charge on any atom is 0.209 e. The third kappa shape index (κ3) is 3.27. The maximum atomic E-state index is 5.68. The predicted molar refractivity (Wildman–Crippen MR) is 92.8 cm³/mol. The highest BCUT2D eigenvalue weighted by molar-refractivity contribution is 7.98. The number of hydrogen-bond acceptors (Lipinski definition) is 6. The van der Waals surface area contributed by atoms with Gasteiger partial charge in [-0.05, 0) is 47.9 Å². The zero-order valence-electron chi connectivity index (χ0n) is 13.6. The second-order valence-corrected chi connectivity index (χ2v) is 6.95. The van der Waals surface area contributed by atoms with Crippen LogP contribution < -0.4 is 0 Å². The van der Waals surface area contributed by atoms with Gasteiger partial charge in [0.05, 0.1) is 18.2 Å². The lowest BCUT2D eigenvalue weighted by atomic mass is 10.1. The quantitative estimate of drug-likeness (QED) is 0.665. The molecule has 3 aromatic rings. The van der Waals surface area contributed by atoms with Gasteiger partial charge in [-0.1, -0.05) is 30.0 Å². The van der Waals surface area contributed by atoms with E-state index in [9.17, 15) is 0 Å². The van der Waals surface area contributed by atoms with Crippen molar-refractivity contribution in [2.45, 2.75) is 43.3 Å². The number of aromatic nitrogens is 5. The molecule has 0 radical (unpaired) electrons. The Morgan fingerprint density at radius 3 is 3.12 bits per heavy atom. The van der Waals surface area contributed by atoms with Crippen molar-refractivity contribution in [2.24, 2.45) is 0 Å². The summed E-state index contributed by atoms with van der Waals surface area (Å²) in [6, 6.07) is 10.4. The van der Waals surface area contributed by atoms with Gasteiger partial charge in [0.25, 0.3) is 0 Å². The molecule has 1 aliphatic heterocycles. The fraction of sp³-hybridized carbons (Fsp3) is 0.412. The van der Waals surface area contributed by atoms with Crippen molar-refractivity contribution in [2.75, 3.05) is 6.61 Å². The van der Waals surface area contributed by atoms with Crippen LogP contribution in [-0.4, -0.2) is 37.9 Å². The first-order valence-electron chi connectivity index (χ1n) is 8.15. The molecule has 0 spiro atoms. The smallest absolute Gasteiger partial charge is 0.209 e. The van der Waals surface area contributed by atoms with Crippen molar-refractivity contribution >= 4 is 22.7 Å². The standard InChI is InChI=1S/C17H19N5OS/c1-12-9-13(15-6-2-3-7-16(15)18-12)11-24-17-19-20-21-22(17)10-14-5-4-8-23-14/h2-3,6-7,9,14H,4-5,8,10-11H2,1H3/t14-/m1/s1. The molecule has 1 fully saturated rings. The van der Waals surface area contributed by atoms with Crippen molar-refractivity contribution in [3.8, 4) is 0 Å². The van der Waals surface area contributed by atoms with Gasteiger partial charge in [0.2, 0.25) is 5.16 Å². The number of aryl methyl sites for hydroxylation is 1. The number of para-hydroxylation sites is 1. The summed E-state index contributed by atoms with van der Waals surface area (Å²) in [7, 11) is 0. The van der Waals surface area contributed by atoms with E-state index in [1.807, 2.05) is 17.7 Å². The Kier molecular flexibility index (Phi) is 4.44. The number of nitrogens with zero attached hydrogens (tertiary/aromatic N) is 5. The van der Waals surface area contributed by atoms with Gasteiger partial charge < -0.3 is 4.74 Å². The summed E-state index contributed by atoms with van der Waals surface area (Å²) in [6.45, 7) is 3.60. The van der Waals surface area contributed by atoms with Crippen LogP contribution in [0.1, 0.15) is 24.1 Å². The first-order valence-corrected chi connectivity index (χ1v) is 9.14. The van der Waals surface area contributed by atoms with E-state index >= 15 is 0 Å². The van der Waals surface area contributed by atoms with E-state index in [0.29, 0.717) is 0 Å². The molecule has 3 heterocycles. The number of hydrogen-bond donors (Lipinski definition) is 0. The summed E-state index contributed by atoms with van der Waals surface area (Å²) in [6.07, 6.45) is 2.44. The van der Waals surface area contributed by atoms with E-state index in [2.05, 4.69) is 44.8 Å². The van der Waals surface area contributed by atoms with E-state index in [1.165, 1.54) is 10.9 Å². The van der Waals surface area contributed by atoms with Crippen LogP contribution in [0.25, 0.3) is 10.9 Å². The summed E-state index contributed by atoms with van der Waals surface area (Å²) < 4.78 is 7.54. The van der Waals surface area contributed by atoms with Crippen LogP contribution in [0.4, 0.5) is 0 Å². The second-order valence-electron chi connectivity index (χ2n) is 6.01. The summed E-state index contributed by atoms with van der Waals surface area (Å²) in [5.74, 6) is 0.815. The molecule has 0 bridgehead atoms. The number of pyridine rings is 1. The highest BCUT2D eigenvalue weighted by Gasteiger charge is 2.19. The Bertz CT molecular complexity index is 844. The van der Waals surface area contributed by atoms with Crippen molar-refractivity contribution < 1.29 is 4.74 Å². The number of benzene rings is 1. The molecule has 0 aliphatic carbocycles. The molecule has 0 unspecified atom stereocenters. The largest absolute Gasteiger partial charge is 0.376 e. The van der Waals surface area contributed by atoms with Crippen LogP contribution in [-0.2, 0) is 17.0 Å². The number of rotatable bonds is 5. The lowest BCUT2D eigenvalue weighted by molar-refractivity contribution is 0.0912. The number of ether oxygens (including phenoxy) is 1. The Balaban J connectivity index is 1.52. The minimum Gasteiger partial charge on any atom is -0.376 e. The third-order valence-electron chi connectivity index (χ3n) is 4.19. The van der Waals surface area contributed by atoms with Gasteiger partial charge in [-0.2, -0.15) is 0 Å². The van der Waals surface area contributed by atoms with Crippen LogP contribution >= 0.6 is 11.8 Å². The lowest BCUT2D eigenvalue weighted by Crippen LogP contribution is -2.16. The van der Waals surface area contributed by atoms with Gasteiger partial charge in [-0.25, -0.2) is 4.68 Å². The number of tetrazole rings is 1. The van der Waals surface area contributed by atoms with E-state index in [0.717, 1.165) is 48.1 Å². The molecule has 0 amide bonds. The topological polar surface area (TPSA) is 65.7 Å². The molecule has 1 aliphatic rings. The van der Waals surface area contributed by atoms with Gasteiger partial charge in [-0.15, -0.1) is 5.10 Å². The zero-order valence-corrected chi connectivity index (χ0v) is 14.4. The van der Waals surface area contributed by atoms with Crippen molar-refractivity contribution in [1.29, 1.82) is 0 Å². The summed E-state index contributed by atoms with van der Waals surface area (Å²) >= 11 is 1.66. The summed E-state index contributed by atoms with van der Waals surface area (Å²) in [5, 5.41) is 14.1. The maximum absolute atomic E-state index is 5.68. The van der Waals surface area contributed by atoms with Gasteiger partial charge in [0.1, 0.15) is 0 Å². The molecule has 124 valence electrons. The Hall–Kier alpha value is -1.99. The highest BCUT2D eigenvalue weighted by Crippen LogP contribution is 2.26. The van der Waals surface area contributed by atoms with Crippen molar-refractivity contribution in [3.63, 3.8) is 0 Å². The van der Waals surface area contributed by atoms with Crippen LogP contribution in [0.3, 0.4) is 0 Å². The minimum absolute atomic E-state index is 0.233. The van der Waals surface area contributed by atoms with Crippen LogP contribution in [0, 0.1) is 6.92 Å². The average molecular weight is 341 g/mol. The summed E-state index contributed by atoms with van der Waals surface area (Å²) in [4.78, 5) is 4.60. The molecule has 24 heavy (non-hydrogen) atoms. The van der Waals surface area contributed by atoms with Gasteiger partial charge >= 0.3 is 0 Å². The number of thioether (sulfide) groups is 1. The van der Waals surface area contributed by atoms with E-state index in [4.69, 9.17) is 4.74 Å². The Labute approximate surface area is 144 Å². The Morgan fingerprint density at radius 2 is 2.25 bits per heavy atom. The normalized spacial score (nSPS) is 17.6. The fourth-order valence-corrected chi connectivity index (χ4v) is 3.93. The molecule has 1 saturated heterocycles. The molecule has 6 nitrogen and oxygen atoms in total. The molecular formula is C17H19N5OS. The Morgan fingerprint density at radius 1 is 1.33 bits per heavy atom. The molecule has 7 heteroatoms. The SMILES string of the molecule is Cc1cc(CSc2nnnn2C[C@H]2CCCO2)c2ccccc2n1. The molecule has 0 saturated carbocycles. The van der Waals surface area contributed by atoms with Gasteiger partial charge in [0, 0.05) is 23.4 Å². The zero-order chi connectivity index (χ0) is 16.4. The number of fused-ring (bicyclic) bond motifs is 1. The molecule has 0 N–H and O–H groups in total. The van der Waals surface area contributed by atoms with Crippen molar-refractivity contribution in [3.05, 3.63) is 41.6 Å².